The van der Waals surface area contributed by atoms with Gasteiger partial charge >= 0.3 is 6.18 Å². The van der Waals surface area contributed by atoms with Gasteiger partial charge in [0.05, 0.1) is 134 Å². The Morgan fingerprint density at radius 2 is 0.874 bits per heavy atom. The summed E-state index contributed by atoms with van der Waals surface area (Å²) in [6.07, 6.45) is -0.385. The van der Waals surface area contributed by atoms with Gasteiger partial charge in [0.2, 0.25) is 23.8 Å². The number of likely N-dealkylation sites (N-methyl/N-ethyl adjacent to an activating group) is 1. The first kappa shape index (κ1) is 104. The van der Waals surface area contributed by atoms with Gasteiger partial charge in [-0.25, -0.2) is 36.8 Å². The highest BCUT2D eigenvalue weighted by Gasteiger charge is 2.35. The van der Waals surface area contributed by atoms with Crippen molar-refractivity contribution >= 4 is 207 Å². The number of anilines is 16. The summed E-state index contributed by atoms with van der Waals surface area (Å²) in [6.45, 7) is 25.3. The van der Waals surface area contributed by atoms with Crippen molar-refractivity contribution in [2.24, 2.45) is 0 Å². The highest BCUT2D eigenvalue weighted by Crippen LogP contribution is 2.45. The van der Waals surface area contributed by atoms with Crippen molar-refractivity contribution in [3.8, 4) is 29.1 Å². The van der Waals surface area contributed by atoms with Crippen LogP contribution in [0.2, 0.25) is 10.0 Å². The van der Waals surface area contributed by atoms with E-state index < -0.39 is 70.5 Å². The minimum atomic E-state index is -4.71. The summed E-state index contributed by atoms with van der Waals surface area (Å²) >= 11 is 13.9. The number of ether oxygens (including phenoxy) is 4. The van der Waals surface area contributed by atoms with E-state index in [1.807, 2.05) is 47.8 Å². The molecule has 8 aromatic carbocycles. The van der Waals surface area contributed by atoms with E-state index in [0.29, 0.717) is 119 Å². The van der Waals surface area contributed by atoms with Crippen molar-refractivity contribution in [2.75, 3.05) is 158 Å². The van der Waals surface area contributed by atoms with Crippen LogP contribution in [0.5, 0.6) is 23.0 Å². The van der Waals surface area contributed by atoms with Crippen LogP contribution in [0.1, 0.15) is 44.4 Å². The molecule has 5 aromatic heterocycles. The second kappa shape index (κ2) is 44.4. The van der Waals surface area contributed by atoms with Gasteiger partial charge < -0.3 is 84.6 Å². The zero-order chi connectivity index (χ0) is 98.3. The van der Waals surface area contributed by atoms with Gasteiger partial charge in [0.25, 0.3) is 0 Å². The van der Waals surface area contributed by atoms with Crippen molar-refractivity contribution in [3.63, 3.8) is 0 Å². The van der Waals surface area contributed by atoms with Gasteiger partial charge in [0, 0.05) is 60.1 Å². The Morgan fingerprint density at radius 1 is 0.459 bits per heavy atom. The van der Waals surface area contributed by atoms with Gasteiger partial charge in [-0.15, -0.1) is 11.3 Å². The normalized spacial score (nSPS) is 12.7. The molecule has 0 aliphatic carbocycles. The maximum atomic E-state index is 13.5. The summed E-state index contributed by atoms with van der Waals surface area (Å²) in [5.74, 6) is 4.40. The first-order valence-electron chi connectivity index (χ1n) is 41.7. The number of aromatic nitrogens is 8. The number of hydrogen-bond donors (Lipinski definition) is 8. The number of para-hydroxylation sites is 3. The molecule has 0 atom stereocenters. The second-order valence-corrected chi connectivity index (χ2v) is 52.3. The third-order valence-corrected chi connectivity index (χ3v) is 32.7. The molecule has 1 saturated heterocycles. The second-order valence-electron chi connectivity index (χ2n) is 32.8. The maximum absolute atomic E-state index is 13.5. The zero-order valence-electron chi connectivity index (χ0n) is 77.0. The fourth-order valence-corrected chi connectivity index (χ4v) is 20.4. The van der Waals surface area contributed by atoms with E-state index in [4.69, 9.17) is 47.4 Å². The fraction of sp³-hybridized carbons (Fsp3) is 0.272. The van der Waals surface area contributed by atoms with Crippen molar-refractivity contribution in [1.82, 2.24) is 49.7 Å². The molecule has 712 valence electrons. The molecule has 0 spiro atoms. The van der Waals surface area contributed by atoms with Crippen LogP contribution < -0.4 is 82.7 Å². The SMILES string of the molecule is COc1cc(CN2CCN(C)CC2)ccc1Nc1ncc(Cl)c(Nc2ccccc2P(C)(C)=O)n1.COc1cc(P(C)(C)=O)ccc1Nc1nc(Nc2ccccc2S(=O)(=O)C(C)C)c2sccc2n1.COc1cc(P(C)(C)=O)ccc1Nc1ncc(Cl)c(Nc2ccc(C#N)cc2C(F)(F)F)n1.COc1cc(P(C)(C)=O)ccc1Nc1nccc(Nc2ccccc2S(=O)(=O)C(C)C)n1. The lowest BCUT2D eigenvalue weighted by molar-refractivity contribution is -0.137. The number of benzene rings is 8. The number of hydrogen-bond acceptors (Lipinski definition) is 32. The molecule has 0 saturated carbocycles. The van der Waals surface area contributed by atoms with E-state index in [2.05, 4.69) is 105 Å². The van der Waals surface area contributed by atoms with Crippen LogP contribution in [0.4, 0.5) is 106 Å². The molecule has 0 radical (unpaired) electrons. The van der Waals surface area contributed by atoms with Crippen LogP contribution in [-0.4, -0.2) is 192 Å². The van der Waals surface area contributed by atoms with Crippen LogP contribution >= 0.6 is 63.1 Å². The van der Waals surface area contributed by atoms with Crippen LogP contribution in [0.25, 0.3) is 10.2 Å². The molecule has 31 nitrogen and oxygen atoms in total. The molecule has 13 aromatic rings. The van der Waals surface area contributed by atoms with Gasteiger partial charge in [-0.1, -0.05) is 65.7 Å². The Hall–Kier alpha value is -11.8. The summed E-state index contributed by atoms with van der Waals surface area (Å²) < 4.78 is 164. The van der Waals surface area contributed by atoms with Crippen molar-refractivity contribution in [3.05, 3.63) is 227 Å². The quantitative estimate of drug-likeness (QED) is 0.0194. The Balaban J connectivity index is 0.000000173. The summed E-state index contributed by atoms with van der Waals surface area (Å²) in [5.41, 5.74) is 4.45. The summed E-state index contributed by atoms with van der Waals surface area (Å²) in [4.78, 5) is 40.3. The molecule has 0 amide bonds. The summed E-state index contributed by atoms with van der Waals surface area (Å²) in [6, 6.07) is 51.0. The number of piperazine rings is 1. The first-order chi connectivity index (χ1) is 63.7. The summed E-state index contributed by atoms with van der Waals surface area (Å²) in [7, 11) is -8.54. The lowest BCUT2D eigenvalue weighted by Gasteiger charge is -2.32. The molecule has 0 bridgehead atoms. The Labute approximate surface area is 797 Å². The molecule has 1 fully saturated rings. The number of nitriles is 1. The van der Waals surface area contributed by atoms with Crippen molar-refractivity contribution in [2.45, 2.75) is 60.7 Å². The van der Waals surface area contributed by atoms with Crippen LogP contribution in [-0.2, 0) is 50.7 Å². The molecule has 14 rings (SSSR count). The molecular formula is C92H104Cl2F3N19O12P4S3. The van der Waals surface area contributed by atoms with E-state index in [0.717, 1.165) is 60.5 Å². The number of fused-ring (bicyclic) bond motifs is 1. The van der Waals surface area contributed by atoms with Gasteiger partial charge in [-0.3, -0.25) is 4.90 Å². The molecule has 1 aliphatic heterocycles. The number of halogens is 5. The highest BCUT2D eigenvalue weighted by molar-refractivity contribution is 7.92. The minimum Gasteiger partial charge on any atom is -0.495 e. The van der Waals surface area contributed by atoms with E-state index in [9.17, 15) is 48.3 Å². The standard InChI is InChI=1S/C25H32ClN6O2P.C24H27N4O4PS2.C22H27N4O4PS.C21H18ClF3N5O2P/c1-31-11-13-32(14-12-31)17-18-9-10-20(22(15-18)34-2)29-25-27-16-19(26)24(30-25)28-21-7-5-6-8-23(21)35(3,4)33;1-15(2)35(30,31)21-9-7-6-8-18(21)25-23-22-19(12-13-34-22)27-24(28-23)26-17-11-10-16(33(4,5)29)14-20(17)32-3;1-15(2)32(28,29)20-9-7-6-8-18(20)24-21-12-13-23-22(26-21)25-17-11-10-16(31(4,5)27)14-19(17)30-3;1-32-18-9-13(33(2,3)31)5-7-17(18)29-20-27-11-15(22)19(30-20)28-16-6-4-12(10-26)8-14(16)21(23,24)25/h5-10,15-16H,11-14,17H2,1-4H3,(H2,27,28,29,30);6-15H,1-5H3,(H2,25,26,27,28);6-15H,1-5H3,(H2,23,24,25,26);4-9,11H,1-3H3,(H2,27,28,29,30). The van der Waals surface area contributed by atoms with Crippen molar-refractivity contribution < 1.29 is 67.2 Å². The zero-order valence-corrected chi connectivity index (χ0v) is 84.5. The van der Waals surface area contributed by atoms with Crippen molar-refractivity contribution in [1.29, 1.82) is 5.26 Å². The fourth-order valence-electron chi connectivity index (χ4n) is 13.2. The predicted molar refractivity (Wildman–Crippen MR) is 541 cm³/mol. The molecule has 6 heterocycles. The predicted octanol–water partition coefficient (Wildman–Crippen LogP) is 20.4. The number of methoxy groups -OCH3 is 4. The van der Waals surface area contributed by atoms with E-state index in [1.165, 1.54) is 49.6 Å². The topological polar surface area (TPSA) is 403 Å². The molecule has 135 heavy (non-hydrogen) atoms. The third-order valence-electron chi connectivity index (χ3n) is 20.7. The highest BCUT2D eigenvalue weighted by atomic mass is 35.5. The molecule has 8 N–H and O–H groups in total. The number of sulfone groups is 2. The third kappa shape index (κ3) is 27.3. The van der Waals surface area contributed by atoms with Gasteiger partial charge in [-0.2, -0.15) is 38.4 Å². The first-order valence-corrected chi connectivity index (χ1v) is 56.8. The number of alkyl halides is 3. The lowest BCUT2D eigenvalue weighted by atomic mass is 10.1. The van der Waals surface area contributed by atoms with Crippen LogP contribution in [0.3, 0.4) is 0 Å². The number of thiophene rings is 1. The largest absolute Gasteiger partial charge is 0.495 e. The molecule has 1 aliphatic rings. The van der Waals surface area contributed by atoms with Crippen LogP contribution in [0.15, 0.2) is 210 Å². The monoisotopic (exact) mass is 2010 g/mol. The molecular weight excluding hydrogens is 1910 g/mol. The maximum Gasteiger partial charge on any atom is 0.418 e. The van der Waals surface area contributed by atoms with Gasteiger partial charge in [-0.05, 0) is 232 Å². The van der Waals surface area contributed by atoms with E-state index >= 15 is 0 Å². The van der Waals surface area contributed by atoms with E-state index in [1.54, 1.807) is 217 Å². The average Bonchev–Trinajstić information content (AvgIpc) is 1.68. The molecule has 43 heteroatoms. The van der Waals surface area contributed by atoms with Gasteiger partial charge in [0.15, 0.2) is 37.1 Å². The molecule has 0 unspecified atom stereocenters. The number of nitrogens with one attached hydrogen (secondary N) is 8. The summed E-state index contributed by atoms with van der Waals surface area (Å²) in [5, 5.41) is 37.3. The number of nitrogens with zero attached hydrogens (tertiary/aromatic N) is 11. The van der Waals surface area contributed by atoms with E-state index in [-0.39, 0.29) is 37.8 Å². The smallest absolute Gasteiger partial charge is 0.418 e. The lowest BCUT2D eigenvalue weighted by Crippen LogP contribution is -2.43. The number of rotatable bonds is 30. The van der Waals surface area contributed by atoms with Gasteiger partial charge in [0.1, 0.15) is 67.4 Å². The average molecular weight is 2020 g/mol. The minimum absolute atomic E-state index is 0.0155. The van der Waals surface area contributed by atoms with Crippen LogP contribution in [0, 0.1) is 11.3 Å². The Kier molecular flexibility index (Phi) is 34.1. The Morgan fingerprint density at radius 3 is 1.33 bits per heavy atom. The Bertz CT molecular complexity index is 6980.